The first-order valence-corrected chi connectivity index (χ1v) is 9.64. The number of benzene rings is 2. The van der Waals surface area contributed by atoms with E-state index in [4.69, 9.17) is 4.74 Å². The molecule has 0 fully saturated rings. The Morgan fingerprint density at radius 3 is 2.25 bits per heavy atom. The summed E-state index contributed by atoms with van der Waals surface area (Å²) in [5.41, 5.74) is 3.43. The van der Waals surface area contributed by atoms with Gasteiger partial charge in [-0.25, -0.2) is 8.42 Å². The molecular weight excluding hydrogens is 322 g/mol. The minimum atomic E-state index is -3.62. The highest BCUT2D eigenvalue weighted by Crippen LogP contribution is 2.24. The topological polar surface area (TPSA) is 55.4 Å². The molecule has 24 heavy (non-hydrogen) atoms. The molecule has 4 nitrogen and oxygen atoms in total. The van der Waals surface area contributed by atoms with Gasteiger partial charge in [-0.05, 0) is 74.2 Å². The number of sulfonamides is 1. The van der Waals surface area contributed by atoms with Crippen LogP contribution in [-0.4, -0.2) is 15.0 Å². The summed E-state index contributed by atoms with van der Waals surface area (Å²) >= 11 is 0. The lowest BCUT2D eigenvalue weighted by atomic mass is 10.1. The van der Waals surface area contributed by atoms with Gasteiger partial charge in [-0.15, -0.1) is 0 Å². The third kappa shape index (κ3) is 4.74. The molecule has 0 spiro atoms. The molecule has 0 amide bonds. The third-order valence-corrected chi connectivity index (χ3v) is 5.07. The summed E-state index contributed by atoms with van der Waals surface area (Å²) in [7, 11) is -3.62. The highest BCUT2D eigenvalue weighted by molar-refractivity contribution is 7.92. The van der Waals surface area contributed by atoms with Gasteiger partial charge in [-0.3, -0.25) is 4.72 Å². The molecule has 0 heterocycles. The van der Waals surface area contributed by atoms with Gasteiger partial charge in [-0.2, -0.15) is 0 Å². The smallest absolute Gasteiger partial charge is 0.261 e. The molecule has 2 rings (SSSR count). The summed E-state index contributed by atoms with van der Waals surface area (Å²) in [6, 6.07) is 10.6. The van der Waals surface area contributed by atoms with E-state index in [-0.39, 0.29) is 4.90 Å². The summed E-state index contributed by atoms with van der Waals surface area (Å²) in [4.78, 5) is 0.238. The van der Waals surface area contributed by atoms with Crippen LogP contribution in [0.4, 0.5) is 5.69 Å². The van der Waals surface area contributed by atoms with Gasteiger partial charge in [0.15, 0.2) is 0 Å². The fourth-order valence-corrected chi connectivity index (χ4v) is 3.65. The van der Waals surface area contributed by atoms with Crippen molar-refractivity contribution in [2.45, 2.75) is 45.4 Å². The number of anilines is 1. The van der Waals surface area contributed by atoms with E-state index in [1.54, 1.807) is 18.2 Å². The largest absolute Gasteiger partial charge is 0.493 e. The van der Waals surface area contributed by atoms with E-state index < -0.39 is 10.0 Å². The summed E-state index contributed by atoms with van der Waals surface area (Å²) in [6.07, 6.45) is 2.04. The maximum atomic E-state index is 12.6. The van der Waals surface area contributed by atoms with Crippen molar-refractivity contribution in [3.05, 3.63) is 53.1 Å². The highest BCUT2D eigenvalue weighted by Gasteiger charge is 2.16. The molecule has 0 unspecified atom stereocenters. The van der Waals surface area contributed by atoms with Gasteiger partial charge in [0.25, 0.3) is 10.0 Å². The molecular formula is C19H25NO3S. The Kier molecular flexibility index (Phi) is 5.89. The van der Waals surface area contributed by atoms with Crippen LogP contribution in [0.3, 0.4) is 0 Å². The zero-order valence-electron chi connectivity index (χ0n) is 14.7. The van der Waals surface area contributed by atoms with E-state index >= 15 is 0 Å². The van der Waals surface area contributed by atoms with Crippen molar-refractivity contribution in [3.8, 4) is 5.75 Å². The quantitative estimate of drug-likeness (QED) is 0.745. The molecule has 2 aromatic rings. The van der Waals surface area contributed by atoms with Crippen LogP contribution in [0.2, 0.25) is 0 Å². The van der Waals surface area contributed by atoms with Crippen molar-refractivity contribution in [1.82, 2.24) is 0 Å². The predicted molar refractivity (Wildman–Crippen MR) is 98.3 cm³/mol. The molecule has 2 aromatic carbocycles. The summed E-state index contributed by atoms with van der Waals surface area (Å²) in [5.74, 6) is 0.730. The van der Waals surface area contributed by atoms with E-state index in [0.717, 1.165) is 35.3 Å². The molecule has 1 N–H and O–H groups in total. The summed E-state index contributed by atoms with van der Waals surface area (Å²) < 4.78 is 33.5. The lowest BCUT2D eigenvalue weighted by molar-refractivity contribution is 0.307. The average molecular weight is 347 g/mol. The van der Waals surface area contributed by atoms with Crippen LogP contribution < -0.4 is 9.46 Å². The first-order chi connectivity index (χ1) is 11.3. The molecule has 0 radical (unpaired) electrons. The van der Waals surface area contributed by atoms with Crippen LogP contribution in [0.5, 0.6) is 5.75 Å². The highest BCUT2D eigenvalue weighted by atomic mass is 32.2. The Morgan fingerprint density at radius 1 is 1.00 bits per heavy atom. The van der Waals surface area contributed by atoms with Crippen LogP contribution in [0.25, 0.3) is 0 Å². The van der Waals surface area contributed by atoms with Crippen LogP contribution in [0.1, 0.15) is 36.5 Å². The van der Waals surface area contributed by atoms with Crippen LogP contribution in [0.15, 0.2) is 41.3 Å². The number of ether oxygens (including phenoxy) is 1. The second-order valence-electron chi connectivity index (χ2n) is 6.11. The van der Waals surface area contributed by atoms with Crippen molar-refractivity contribution < 1.29 is 13.2 Å². The number of unbranched alkanes of at least 4 members (excludes halogenated alkanes) is 1. The van der Waals surface area contributed by atoms with Crippen molar-refractivity contribution >= 4 is 15.7 Å². The Balaban J connectivity index is 2.21. The van der Waals surface area contributed by atoms with Crippen molar-refractivity contribution in [2.75, 3.05) is 11.3 Å². The minimum Gasteiger partial charge on any atom is -0.493 e. The average Bonchev–Trinajstić information content (AvgIpc) is 2.47. The third-order valence-electron chi connectivity index (χ3n) is 3.69. The van der Waals surface area contributed by atoms with Crippen molar-refractivity contribution in [1.29, 1.82) is 0 Å². The summed E-state index contributed by atoms with van der Waals surface area (Å²) in [5, 5.41) is 0. The number of aryl methyl sites for hydroxylation is 3. The second kappa shape index (κ2) is 7.71. The molecule has 0 saturated carbocycles. The van der Waals surface area contributed by atoms with Gasteiger partial charge >= 0.3 is 0 Å². The second-order valence-corrected chi connectivity index (χ2v) is 7.79. The Hall–Kier alpha value is -2.01. The molecule has 0 aliphatic heterocycles. The first kappa shape index (κ1) is 18.3. The minimum absolute atomic E-state index is 0.238. The number of nitrogens with one attached hydrogen (secondary N) is 1. The lowest BCUT2D eigenvalue weighted by Gasteiger charge is -2.13. The Bertz CT molecular complexity index is 793. The fraction of sp³-hybridized carbons (Fsp3) is 0.368. The van der Waals surface area contributed by atoms with Gasteiger partial charge in [0, 0.05) is 5.69 Å². The molecule has 5 heteroatoms. The van der Waals surface area contributed by atoms with Crippen molar-refractivity contribution in [2.24, 2.45) is 0 Å². The van der Waals surface area contributed by atoms with Gasteiger partial charge in [0.2, 0.25) is 0 Å². The van der Waals surface area contributed by atoms with Crippen molar-refractivity contribution in [3.63, 3.8) is 0 Å². The Morgan fingerprint density at radius 2 is 1.67 bits per heavy atom. The fourth-order valence-electron chi connectivity index (χ4n) is 2.53. The molecule has 0 saturated heterocycles. The normalized spacial score (nSPS) is 11.3. The van der Waals surface area contributed by atoms with Gasteiger partial charge in [-0.1, -0.05) is 19.4 Å². The first-order valence-electron chi connectivity index (χ1n) is 8.16. The Labute approximate surface area is 144 Å². The number of rotatable bonds is 7. The van der Waals surface area contributed by atoms with Gasteiger partial charge in [0.1, 0.15) is 5.75 Å². The molecule has 0 aliphatic carbocycles. The van der Waals surface area contributed by atoms with Gasteiger partial charge < -0.3 is 4.74 Å². The maximum Gasteiger partial charge on any atom is 0.261 e. The van der Waals surface area contributed by atoms with Crippen LogP contribution >= 0.6 is 0 Å². The molecule has 130 valence electrons. The van der Waals surface area contributed by atoms with E-state index in [1.165, 1.54) is 0 Å². The molecule has 0 aliphatic rings. The maximum absolute atomic E-state index is 12.6. The number of hydrogen-bond acceptors (Lipinski definition) is 3. The SMILES string of the molecule is CCCCOc1ccc(S(=O)(=O)Nc2cc(C)cc(C)c2)cc1C. The zero-order valence-corrected chi connectivity index (χ0v) is 15.5. The van der Waals surface area contributed by atoms with Crippen LogP contribution in [-0.2, 0) is 10.0 Å². The van der Waals surface area contributed by atoms with E-state index in [2.05, 4.69) is 11.6 Å². The van der Waals surface area contributed by atoms with E-state index in [9.17, 15) is 8.42 Å². The molecule has 0 bridgehead atoms. The monoisotopic (exact) mass is 347 g/mol. The van der Waals surface area contributed by atoms with E-state index in [1.807, 2.05) is 39.0 Å². The molecule has 0 atom stereocenters. The summed E-state index contributed by atoms with van der Waals surface area (Å²) in [6.45, 7) is 8.49. The standard InChI is InChI=1S/C19H25NO3S/c1-5-6-9-23-19-8-7-18(13-16(19)4)24(21,22)20-17-11-14(2)10-15(3)12-17/h7-8,10-13,20H,5-6,9H2,1-4H3. The lowest BCUT2D eigenvalue weighted by Crippen LogP contribution is -2.13. The molecule has 0 aromatic heterocycles. The van der Waals surface area contributed by atoms with Gasteiger partial charge in [0.05, 0.1) is 11.5 Å². The number of hydrogen-bond donors (Lipinski definition) is 1. The zero-order chi connectivity index (χ0) is 17.7. The van der Waals surface area contributed by atoms with E-state index in [0.29, 0.717) is 12.3 Å². The van der Waals surface area contributed by atoms with Crippen LogP contribution in [0, 0.1) is 20.8 Å². The predicted octanol–water partition coefficient (Wildman–Crippen LogP) is 4.59.